The predicted octanol–water partition coefficient (Wildman–Crippen LogP) is 1.67. The zero-order valence-corrected chi connectivity index (χ0v) is 9.76. The van der Waals surface area contributed by atoms with Crippen molar-refractivity contribution in [2.24, 2.45) is 0 Å². The van der Waals surface area contributed by atoms with Gasteiger partial charge < -0.3 is 15.0 Å². The molecule has 1 aromatic heterocycles. The number of anilines is 1. The van der Waals surface area contributed by atoms with E-state index in [-0.39, 0.29) is 5.69 Å². The van der Waals surface area contributed by atoms with Crippen LogP contribution in [0.5, 0.6) is 0 Å². The summed E-state index contributed by atoms with van der Waals surface area (Å²) in [4.78, 5) is 19.9. The molecule has 1 aliphatic rings. The van der Waals surface area contributed by atoms with E-state index in [0.29, 0.717) is 12.2 Å². The number of nitrogens with zero attached hydrogens (tertiary/aromatic N) is 2. The normalized spacial score (nSPS) is 13.7. The van der Waals surface area contributed by atoms with Crippen LogP contribution in [0.25, 0.3) is 0 Å². The molecule has 0 fully saturated rings. The Balaban J connectivity index is 1.86. The number of aromatic carboxylic acids is 1. The maximum atomic E-state index is 11.0. The molecule has 0 radical (unpaired) electrons. The third-order valence-electron chi connectivity index (χ3n) is 3.25. The second kappa shape index (κ2) is 4.18. The molecule has 0 bridgehead atoms. The van der Waals surface area contributed by atoms with Crippen molar-refractivity contribution in [2.45, 2.75) is 13.0 Å². The highest BCUT2D eigenvalue weighted by Crippen LogP contribution is 2.28. The highest BCUT2D eigenvalue weighted by atomic mass is 16.4. The Morgan fingerprint density at radius 3 is 3.11 bits per heavy atom. The molecule has 0 saturated heterocycles. The maximum absolute atomic E-state index is 11.0. The van der Waals surface area contributed by atoms with Gasteiger partial charge in [0.15, 0.2) is 5.69 Å². The summed E-state index contributed by atoms with van der Waals surface area (Å²) in [6, 6.07) is 8.21. The number of hydrogen-bond acceptors (Lipinski definition) is 3. The zero-order valence-electron chi connectivity index (χ0n) is 9.76. The van der Waals surface area contributed by atoms with E-state index in [9.17, 15) is 4.79 Å². The molecule has 5 nitrogen and oxygen atoms in total. The van der Waals surface area contributed by atoms with Crippen molar-refractivity contribution >= 4 is 11.7 Å². The number of carbonyl (C=O) groups is 1. The molecule has 0 aliphatic carbocycles. The first-order chi connectivity index (χ1) is 8.75. The number of carboxylic acid groups (broad SMARTS) is 1. The predicted molar refractivity (Wildman–Crippen MR) is 66.7 cm³/mol. The monoisotopic (exact) mass is 243 g/mol. The topological polar surface area (TPSA) is 69.2 Å². The minimum absolute atomic E-state index is 0.111. The first-order valence-electron chi connectivity index (χ1n) is 5.84. The van der Waals surface area contributed by atoms with E-state index in [1.807, 2.05) is 12.1 Å². The molecule has 2 heterocycles. The van der Waals surface area contributed by atoms with Crippen LogP contribution in [-0.4, -0.2) is 27.6 Å². The molecular formula is C13H13N3O2. The van der Waals surface area contributed by atoms with E-state index in [1.54, 1.807) is 0 Å². The van der Waals surface area contributed by atoms with Crippen LogP contribution < -0.4 is 4.90 Å². The number of imidazole rings is 1. The van der Waals surface area contributed by atoms with Gasteiger partial charge in [0.2, 0.25) is 0 Å². The van der Waals surface area contributed by atoms with Crippen LogP contribution in [-0.2, 0) is 13.0 Å². The van der Waals surface area contributed by atoms with Crippen LogP contribution in [0, 0.1) is 0 Å². The minimum atomic E-state index is -0.987. The Morgan fingerprint density at radius 1 is 1.44 bits per heavy atom. The minimum Gasteiger partial charge on any atom is -0.476 e. The first kappa shape index (κ1) is 10.8. The van der Waals surface area contributed by atoms with Crippen molar-refractivity contribution in [2.75, 3.05) is 11.4 Å². The van der Waals surface area contributed by atoms with Gasteiger partial charge in [-0.3, -0.25) is 0 Å². The highest BCUT2D eigenvalue weighted by Gasteiger charge is 2.21. The van der Waals surface area contributed by atoms with Gasteiger partial charge in [-0.2, -0.15) is 0 Å². The fraction of sp³-hybridized carbons (Fsp3) is 0.231. The fourth-order valence-electron chi connectivity index (χ4n) is 2.39. The molecule has 2 aromatic rings. The van der Waals surface area contributed by atoms with Crippen molar-refractivity contribution in [1.29, 1.82) is 0 Å². The molecule has 0 saturated carbocycles. The quantitative estimate of drug-likeness (QED) is 0.860. The number of carboxylic acids is 1. The van der Waals surface area contributed by atoms with Gasteiger partial charge in [0.1, 0.15) is 0 Å². The van der Waals surface area contributed by atoms with E-state index in [0.717, 1.165) is 13.0 Å². The van der Waals surface area contributed by atoms with Gasteiger partial charge in [-0.15, -0.1) is 0 Å². The van der Waals surface area contributed by atoms with Crippen LogP contribution in [0.1, 0.15) is 21.7 Å². The highest BCUT2D eigenvalue weighted by molar-refractivity contribution is 5.86. The van der Waals surface area contributed by atoms with E-state index < -0.39 is 5.97 Å². The van der Waals surface area contributed by atoms with E-state index in [2.05, 4.69) is 27.0 Å². The van der Waals surface area contributed by atoms with Crippen LogP contribution in [0.3, 0.4) is 0 Å². The molecule has 5 heteroatoms. The average Bonchev–Trinajstić information content (AvgIpc) is 2.97. The van der Waals surface area contributed by atoms with Gasteiger partial charge in [-0.1, -0.05) is 18.2 Å². The SMILES string of the molecule is O=C(O)c1nc[nH]c1CN1CCc2ccccc21. The molecule has 1 aromatic carbocycles. The first-order valence-corrected chi connectivity index (χ1v) is 5.84. The van der Waals surface area contributed by atoms with Gasteiger partial charge in [0, 0.05) is 12.2 Å². The molecule has 0 spiro atoms. The third kappa shape index (κ3) is 1.73. The number of nitrogens with one attached hydrogen (secondary N) is 1. The number of para-hydroxylation sites is 1. The van der Waals surface area contributed by atoms with Crippen molar-refractivity contribution in [3.8, 4) is 0 Å². The summed E-state index contributed by atoms with van der Waals surface area (Å²) in [6.07, 6.45) is 2.44. The van der Waals surface area contributed by atoms with Crippen molar-refractivity contribution < 1.29 is 9.90 Å². The number of aromatic amines is 1. The lowest BCUT2D eigenvalue weighted by molar-refractivity contribution is 0.0690. The van der Waals surface area contributed by atoms with E-state index >= 15 is 0 Å². The summed E-state index contributed by atoms with van der Waals surface area (Å²) in [5.74, 6) is -0.987. The Labute approximate surface area is 104 Å². The molecule has 0 amide bonds. The molecule has 3 rings (SSSR count). The summed E-state index contributed by atoms with van der Waals surface area (Å²) < 4.78 is 0. The number of benzene rings is 1. The van der Waals surface area contributed by atoms with Gasteiger partial charge in [-0.25, -0.2) is 9.78 Å². The summed E-state index contributed by atoms with van der Waals surface area (Å²) in [7, 11) is 0. The summed E-state index contributed by atoms with van der Waals surface area (Å²) in [5, 5.41) is 9.02. The Kier molecular flexibility index (Phi) is 2.51. The molecule has 0 unspecified atom stereocenters. The fourth-order valence-corrected chi connectivity index (χ4v) is 2.39. The van der Waals surface area contributed by atoms with Crippen LogP contribution in [0.15, 0.2) is 30.6 Å². The van der Waals surface area contributed by atoms with Crippen molar-refractivity contribution in [3.05, 3.63) is 47.5 Å². The molecule has 92 valence electrons. The Morgan fingerprint density at radius 2 is 2.28 bits per heavy atom. The van der Waals surface area contributed by atoms with Crippen molar-refractivity contribution in [1.82, 2.24) is 9.97 Å². The van der Waals surface area contributed by atoms with Gasteiger partial charge in [0.05, 0.1) is 18.6 Å². The summed E-state index contributed by atoms with van der Waals surface area (Å²) in [6.45, 7) is 1.47. The maximum Gasteiger partial charge on any atom is 0.356 e. The lowest BCUT2D eigenvalue weighted by Crippen LogP contribution is -2.21. The molecule has 2 N–H and O–H groups in total. The van der Waals surface area contributed by atoms with Gasteiger partial charge in [-0.05, 0) is 18.1 Å². The van der Waals surface area contributed by atoms with E-state index in [4.69, 9.17) is 5.11 Å². The third-order valence-corrected chi connectivity index (χ3v) is 3.25. The van der Waals surface area contributed by atoms with Crippen LogP contribution in [0.4, 0.5) is 5.69 Å². The number of aromatic nitrogens is 2. The molecular weight excluding hydrogens is 230 g/mol. The second-order valence-electron chi connectivity index (χ2n) is 4.34. The van der Waals surface area contributed by atoms with Crippen LogP contribution in [0.2, 0.25) is 0 Å². The number of rotatable bonds is 3. The standard InChI is InChI=1S/C13H13N3O2/c17-13(18)12-10(14-8-15-12)7-16-6-5-9-3-1-2-4-11(9)16/h1-4,8H,5-7H2,(H,14,15)(H,17,18). The lowest BCUT2D eigenvalue weighted by Gasteiger charge is -2.18. The summed E-state index contributed by atoms with van der Waals surface area (Å²) in [5.41, 5.74) is 3.26. The molecule has 0 atom stereocenters. The number of H-pyrrole nitrogens is 1. The number of hydrogen-bond donors (Lipinski definition) is 2. The number of fused-ring (bicyclic) bond motifs is 1. The lowest BCUT2D eigenvalue weighted by atomic mass is 10.2. The van der Waals surface area contributed by atoms with E-state index in [1.165, 1.54) is 17.6 Å². The van der Waals surface area contributed by atoms with Gasteiger partial charge in [0.25, 0.3) is 0 Å². The Bertz CT molecular complexity index is 591. The second-order valence-corrected chi connectivity index (χ2v) is 4.34. The van der Waals surface area contributed by atoms with Crippen molar-refractivity contribution in [3.63, 3.8) is 0 Å². The average molecular weight is 243 g/mol. The van der Waals surface area contributed by atoms with Crippen LogP contribution >= 0.6 is 0 Å². The zero-order chi connectivity index (χ0) is 12.5. The molecule has 18 heavy (non-hydrogen) atoms. The smallest absolute Gasteiger partial charge is 0.356 e. The largest absolute Gasteiger partial charge is 0.476 e. The summed E-state index contributed by atoms with van der Waals surface area (Å²) >= 11 is 0. The molecule has 1 aliphatic heterocycles. The Hall–Kier alpha value is -2.30. The van der Waals surface area contributed by atoms with Gasteiger partial charge >= 0.3 is 5.97 Å².